The van der Waals surface area contributed by atoms with Crippen LogP contribution in [0.4, 0.5) is 4.79 Å². The number of hydrogen-bond donors (Lipinski definition) is 2. The van der Waals surface area contributed by atoms with Crippen molar-refractivity contribution in [2.75, 3.05) is 7.05 Å². The van der Waals surface area contributed by atoms with Crippen molar-refractivity contribution in [2.24, 2.45) is 0 Å². The first kappa shape index (κ1) is 33.0. The summed E-state index contributed by atoms with van der Waals surface area (Å²) >= 11 is 0. The molecule has 3 aromatic heterocycles. The number of nitrogens with one attached hydrogen (secondary N) is 2. The lowest BCUT2D eigenvalue weighted by Gasteiger charge is -2.21. The summed E-state index contributed by atoms with van der Waals surface area (Å²) in [5.41, 5.74) is 3.42. The Hall–Kier alpha value is -5.40. The van der Waals surface area contributed by atoms with Crippen molar-refractivity contribution in [1.82, 2.24) is 55.6 Å². The van der Waals surface area contributed by atoms with Crippen molar-refractivity contribution < 1.29 is 14.3 Å². The number of ether oxygens (including phenoxy) is 1. The van der Waals surface area contributed by atoms with Crippen LogP contribution in [0.25, 0.3) is 0 Å². The number of hydrogen-bond acceptors (Lipinski definition) is 9. The number of rotatable bonds is 12. The van der Waals surface area contributed by atoms with E-state index in [9.17, 15) is 9.59 Å². The van der Waals surface area contributed by atoms with Crippen LogP contribution in [-0.2, 0) is 22.4 Å². The fourth-order valence-electron chi connectivity index (χ4n) is 5.10. The van der Waals surface area contributed by atoms with Crippen molar-refractivity contribution in [3.8, 4) is 0 Å². The zero-order valence-electron chi connectivity index (χ0n) is 27.5. The van der Waals surface area contributed by atoms with Crippen molar-refractivity contribution in [2.45, 2.75) is 77.2 Å². The van der Waals surface area contributed by atoms with Crippen LogP contribution < -0.4 is 10.6 Å². The molecule has 2 aromatic carbocycles. The predicted molar refractivity (Wildman–Crippen MR) is 173 cm³/mol. The summed E-state index contributed by atoms with van der Waals surface area (Å²) in [5, 5.41) is 32.2. The molecule has 47 heavy (non-hydrogen) atoms. The molecular weight excluding hydrogens is 598 g/mol. The van der Waals surface area contributed by atoms with E-state index in [0.717, 1.165) is 11.1 Å². The van der Waals surface area contributed by atoms with E-state index >= 15 is 0 Å². The van der Waals surface area contributed by atoms with Crippen molar-refractivity contribution in [1.29, 1.82) is 0 Å². The number of likely N-dealkylation sites (N-methyl/N-ethyl adjacent to an activating group) is 1. The zero-order chi connectivity index (χ0) is 33.6. The molecule has 5 rings (SSSR count). The highest BCUT2D eigenvalue weighted by Gasteiger charge is 2.27. The van der Waals surface area contributed by atoms with E-state index in [1.165, 1.54) is 0 Å². The summed E-state index contributed by atoms with van der Waals surface area (Å²) in [4.78, 5) is 24.7. The fraction of sp³-hybridized carbons (Fsp3) is 0.394. The quantitative estimate of drug-likeness (QED) is 0.206. The number of alkyl carbamates (subject to hydrolysis) is 1. The van der Waals surface area contributed by atoms with Gasteiger partial charge in [0.15, 0.2) is 0 Å². The Morgan fingerprint density at radius 1 is 0.723 bits per heavy atom. The molecule has 0 unspecified atom stereocenters. The Morgan fingerprint density at radius 3 is 1.66 bits per heavy atom. The SMILES string of the molecule is CNC(=O)[C@H](C)n1cc([C@H](Cc2ccccc2)n2cc([C@H](Cc3ccccc3)n3cc([C@H](C)NC(=O)OC(C)(C)C)nn3)nn2)nn1. The van der Waals surface area contributed by atoms with E-state index in [-0.39, 0.29) is 18.0 Å². The van der Waals surface area contributed by atoms with Crippen LogP contribution in [-0.4, -0.2) is 69.6 Å². The number of nitrogens with zero attached hydrogens (tertiary/aromatic N) is 9. The molecular formula is C33H41N11O3. The molecule has 2 amide bonds. The lowest BCUT2D eigenvalue weighted by atomic mass is 10.0. The summed E-state index contributed by atoms with van der Waals surface area (Å²) in [5.74, 6) is -0.171. The number of amides is 2. The molecule has 3 heterocycles. The van der Waals surface area contributed by atoms with Gasteiger partial charge in [-0.15, -0.1) is 15.3 Å². The predicted octanol–water partition coefficient (Wildman–Crippen LogP) is 4.02. The molecule has 0 bridgehead atoms. The Balaban J connectivity index is 1.46. The second-order valence-corrected chi connectivity index (χ2v) is 12.4. The molecule has 2 N–H and O–H groups in total. The van der Waals surface area contributed by atoms with Crippen LogP contribution >= 0.6 is 0 Å². The van der Waals surface area contributed by atoms with E-state index in [1.54, 1.807) is 34.2 Å². The van der Waals surface area contributed by atoms with Gasteiger partial charge in [-0.1, -0.05) is 76.3 Å². The third-order valence-electron chi connectivity index (χ3n) is 7.65. The first-order valence-corrected chi connectivity index (χ1v) is 15.5. The second-order valence-electron chi connectivity index (χ2n) is 12.4. The van der Waals surface area contributed by atoms with E-state index < -0.39 is 23.8 Å². The van der Waals surface area contributed by atoms with Crippen LogP contribution in [0, 0.1) is 0 Å². The molecule has 4 atom stereocenters. The molecule has 0 radical (unpaired) electrons. The summed E-state index contributed by atoms with van der Waals surface area (Å²) in [6, 6.07) is 18.4. The molecule has 246 valence electrons. The Labute approximate surface area is 273 Å². The smallest absolute Gasteiger partial charge is 0.408 e. The zero-order valence-corrected chi connectivity index (χ0v) is 27.5. The van der Waals surface area contributed by atoms with Gasteiger partial charge in [0, 0.05) is 19.9 Å². The van der Waals surface area contributed by atoms with Gasteiger partial charge in [0.2, 0.25) is 5.91 Å². The molecule has 5 aromatic rings. The highest BCUT2D eigenvalue weighted by Crippen LogP contribution is 2.26. The van der Waals surface area contributed by atoms with Gasteiger partial charge < -0.3 is 15.4 Å². The maximum absolute atomic E-state index is 12.4. The van der Waals surface area contributed by atoms with Gasteiger partial charge in [-0.05, 0) is 45.7 Å². The maximum Gasteiger partial charge on any atom is 0.408 e. The van der Waals surface area contributed by atoms with E-state index in [0.29, 0.717) is 29.9 Å². The molecule has 0 spiro atoms. The van der Waals surface area contributed by atoms with Crippen LogP contribution in [0.3, 0.4) is 0 Å². The van der Waals surface area contributed by atoms with Gasteiger partial charge >= 0.3 is 6.09 Å². The number of carbonyl (C=O) groups is 2. The van der Waals surface area contributed by atoms with Gasteiger partial charge in [0.05, 0.1) is 24.6 Å². The summed E-state index contributed by atoms with van der Waals surface area (Å²) < 4.78 is 10.5. The first-order chi connectivity index (χ1) is 22.5. The second kappa shape index (κ2) is 14.4. The minimum Gasteiger partial charge on any atom is -0.444 e. The van der Waals surface area contributed by atoms with Crippen LogP contribution in [0.15, 0.2) is 79.3 Å². The molecule has 14 heteroatoms. The average molecular weight is 640 g/mol. The van der Waals surface area contributed by atoms with Crippen LogP contribution in [0.1, 0.15) is 87.0 Å². The van der Waals surface area contributed by atoms with Gasteiger partial charge in [0.1, 0.15) is 40.8 Å². The van der Waals surface area contributed by atoms with Crippen molar-refractivity contribution in [3.63, 3.8) is 0 Å². The molecule has 0 fully saturated rings. The summed E-state index contributed by atoms with van der Waals surface area (Å²) in [7, 11) is 1.59. The van der Waals surface area contributed by atoms with Gasteiger partial charge in [0.25, 0.3) is 0 Å². The van der Waals surface area contributed by atoms with Gasteiger partial charge in [-0.25, -0.2) is 18.8 Å². The van der Waals surface area contributed by atoms with Gasteiger partial charge in [-0.2, -0.15) is 0 Å². The third-order valence-corrected chi connectivity index (χ3v) is 7.65. The van der Waals surface area contributed by atoms with E-state index in [4.69, 9.17) is 4.74 Å². The lowest BCUT2D eigenvalue weighted by Crippen LogP contribution is -2.34. The number of benzene rings is 2. The maximum atomic E-state index is 12.4. The Kier molecular flexibility index (Phi) is 10.1. The summed E-state index contributed by atoms with van der Waals surface area (Å²) in [6.45, 7) is 9.03. The van der Waals surface area contributed by atoms with E-state index in [1.807, 2.05) is 101 Å². The first-order valence-electron chi connectivity index (χ1n) is 15.5. The minimum atomic E-state index is -0.622. The molecule has 0 aliphatic heterocycles. The molecule has 0 saturated heterocycles. The highest BCUT2D eigenvalue weighted by molar-refractivity contribution is 5.79. The van der Waals surface area contributed by atoms with Gasteiger partial charge in [-0.3, -0.25) is 4.79 Å². The third kappa shape index (κ3) is 8.45. The standard InChI is InChI=1S/C33H41N11O3/c1-22(35-32(46)47-33(3,4)5)26-19-43(40-36-26)30(18-25-15-11-8-12-16-25)28-21-44(41-38-28)29(17-24-13-9-7-10-14-24)27-20-42(39-37-27)23(2)31(45)34-6/h7-16,19-23,29-30H,17-18H2,1-6H3,(H,34,45)(H,35,46)/t22-,23-,29-,30-/m0/s1. The van der Waals surface area contributed by atoms with Crippen LogP contribution in [0.2, 0.25) is 0 Å². The van der Waals surface area contributed by atoms with Crippen LogP contribution in [0.5, 0.6) is 0 Å². The highest BCUT2D eigenvalue weighted by atomic mass is 16.6. The monoisotopic (exact) mass is 639 g/mol. The molecule has 14 nitrogen and oxygen atoms in total. The fourth-order valence-corrected chi connectivity index (χ4v) is 5.10. The Morgan fingerprint density at radius 2 is 1.17 bits per heavy atom. The molecule has 0 aliphatic rings. The minimum absolute atomic E-state index is 0.171. The Bertz CT molecular complexity index is 1760. The van der Waals surface area contributed by atoms with Crippen molar-refractivity contribution >= 4 is 12.0 Å². The average Bonchev–Trinajstić information content (AvgIpc) is 3.84. The normalized spacial score (nSPS) is 14.2. The lowest BCUT2D eigenvalue weighted by molar-refractivity contribution is -0.123. The number of carbonyl (C=O) groups excluding carboxylic acids is 2. The van der Waals surface area contributed by atoms with Crippen molar-refractivity contribution in [3.05, 3.63) is 107 Å². The molecule has 0 saturated carbocycles. The summed E-state index contributed by atoms with van der Waals surface area (Å²) in [6.07, 6.45) is 6.09. The van der Waals surface area contributed by atoms with E-state index in [2.05, 4.69) is 41.6 Å². The topological polar surface area (TPSA) is 160 Å². The number of aromatic nitrogens is 9. The molecule has 0 aliphatic carbocycles. The largest absolute Gasteiger partial charge is 0.444 e.